The minimum absolute atomic E-state index is 0. The van der Waals surface area contributed by atoms with Crippen LogP contribution < -0.4 is 25.4 Å². The van der Waals surface area contributed by atoms with Gasteiger partial charge in [0.1, 0.15) is 0 Å². The Morgan fingerprint density at radius 3 is 2.19 bits per heavy atom. The Morgan fingerprint density at radius 1 is 0.968 bits per heavy atom. The molecule has 170 valence electrons. The number of amides is 1. The number of rotatable bonds is 9. The van der Waals surface area contributed by atoms with Gasteiger partial charge in [0.05, 0.1) is 14.2 Å². The highest BCUT2D eigenvalue weighted by atomic mass is 127. The fraction of sp³-hybridized carbons (Fsp3) is 0.391. The van der Waals surface area contributed by atoms with E-state index in [1.54, 1.807) is 21.3 Å². The lowest BCUT2D eigenvalue weighted by Gasteiger charge is -2.14. The first-order valence-electron chi connectivity index (χ1n) is 9.99. The van der Waals surface area contributed by atoms with Gasteiger partial charge in [-0.1, -0.05) is 32.0 Å². The average molecular weight is 540 g/mol. The molecule has 0 atom stereocenters. The zero-order valence-electron chi connectivity index (χ0n) is 18.8. The van der Waals surface area contributed by atoms with Gasteiger partial charge >= 0.3 is 0 Å². The molecular weight excluding hydrogens is 507 g/mol. The largest absolute Gasteiger partial charge is 0.493 e. The van der Waals surface area contributed by atoms with Crippen molar-refractivity contribution < 1.29 is 14.3 Å². The van der Waals surface area contributed by atoms with Crippen molar-refractivity contribution in [3.05, 3.63) is 53.6 Å². The molecule has 0 heterocycles. The number of nitrogens with one attached hydrogen (secondary N) is 3. The number of nitrogens with zero attached hydrogens (tertiary/aromatic N) is 1. The summed E-state index contributed by atoms with van der Waals surface area (Å²) < 4.78 is 10.6. The molecule has 0 saturated heterocycles. The first kappa shape index (κ1) is 26.5. The maximum atomic E-state index is 12.0. The van der Waals surface area contributed by atoms with Crippen LogP contribution in [0.3, 0.4) is 0 Å². The lowest BCUT2D eigenvalue weighted by atomic mass is 10.1. The molecule has 0 aliphatic rings. The molecule has 2 rings (SSSR count). The summed E-state index contributed by atoms with van der Waals surface area (Å²) in [5.74, 6) is 2.43. The Balaban J connectivity index is 0.00000480. The van der Waals surface area contributed by atoms with Crippen molar-refractivity contribution in [1.29, 1.82) is 0 Å². The molecule has 0 radical (unpaired) electrons. The lowest BCUT2D eigenvalue weighted by Crippen LogP contribution is -2.36. The number of guanidine groups is 1. The third kappa shape index (κ3) is 9.04. The summed E-state index contributed by atoms with van der Waals surface area (Å²) in [6.07, 6.45) is 0.509. The Morgan fingerprint density at radius 2 is 1.61 bits per heavy atom. The molecule has 0 fully saturated rings. The van der Waals surface area contributed by atoms with Crippen molar-refractivity contribution in [3.63, 3.8) is 0 Å². The van der Waals surface area contributed by atoms with Gasteiger partial charge in [-0.3, -0.25) is 9.79 Å². The predicted molar refractivity (Wildman–Crippen MR) is 137 cm³/mol. The van der Waals surface area contributed by atoms with E-state index in [0.29, 0.717) is 42.9 Å². The van der Waals surface area contributed by atoms with E-state index >= 15 is 0 Å². The highest BCUT2D eigenvalue weighted by Crippen LogP contribution is 2.27. The van der Waals surface area contributed by atoms with Gasteiger partial charge in [-0.2, -0.15) is 0 Å². The second-order valence-corrected chi connectivity index (χ2v) is 7.32. The van der Waals surface area contributed by atoms with Crippen LogP contribution in [0.15, 0.2) is 47.5 Å². The molecule has 1 amide bonds. The van der Waals surface area contributed by atoms with Crippen LogP contribution in [0.4, 0.5) is 5.69 Å². The predicted octanol–water partition coefficient (Wildman–Crippen LogP) is 4.17. The van der Waals surface area contributed by atoms with Crippen LogP contribution in [0.1, 0.15) is 31.4 Å². The van der Waals surface area contributed by atoms with E-state index in [0.717, 1.165) is 16.8 Å². The minimum atomic E-state index is 0. The Hall–Kier alpha value is -2.49. The normalized spacial score (nSPS) is 10.8. The molecule has 0 saturated carbocycles. The maximum Gasteiger partial charge on any atom is 0.224 e. The molecule has 3 N–H and O–H groups in total. The van der Waals surface area contributed by atoms with Crippen LogP contribution in [0.2, 0.25) is 0 Å². The van der Waals surface area contributed by atoms with Crippen molar-refractivity contribution in [2.75, 3.05) is 26.6 Å². The Labute approximate surface area is 202 Å². The number of benzene rings is 2. The molecule has 0 aromatic heterocycles. The SMILES string of the molecule is CN=C(NCc1cccc(NC(=O)CC(C)C)c1)NCc1ccc(OC)c(OC)c1.I. The van der Waals surface area contributed by atoms with Crippen molar-refractivity contribution in [2.24, 2.45) is 10.9 Å². The molecule has 2 aromatic carbocycles. The molecule has 8 heteroatoms. The first-order chi connectivity index (χ1) is 14.4. The Bertz CT molecular complexity index is 872. The summed E-state index contributed by atoms with van der Waals surface area (Å²) in [6.45, 7) is 5.23. The standard InChI is InChI=1S/C23H32N4O3.HI/c1-16(2)11-22(28)27-19-8-6-7-17(12-19)14-25-23(24-3)26-15-18-9-10-20(29-4)21(13-18)30-5;/h6-10,12-13,16H,11,14-15H2,1-5H3,(H,27,28)(H2,24,25,26);1H. The van der Waals surface area contributed by atoms with Crippen LogP contribution in [-0.2, 0) is 17.9 Å². The van der Waals surface area contributed by atoms with E-state index < -0.39 is 0 Å². The molecular formula is C23H33IN4O3. The van der Waals surface area contributed by atoms with E-state index in [1.165, 1.54) is 0 Å². The monoisotopic (exact) mass is 540 g/mol. The number of hydrogen-bond donors (Lipinski definition) is 3. The van der Waals surface area contributed by atoms with Crippen LogP contribution in [0, 0.1) is 5.92 Å². The fourth-order valence-electron chi connectivity index (χ4n) is 2.92. The smallest absolute Gasteiger partial charge is 0.224 e. The molecule has 0 unspecified atom stereocenters. The quantitative estimate of drug-likeness (QED) is 0.253. The summed E-state index contributed by atoms with van der Waals surface area (Å²) in [4.78, 5) is 16.2. The van der Waals surface area contributed by atoms with E-state index in [2.05, 4.69) is 20.9 Å². The molecule has 0 aliphatic carbocycles. The molecule has 0 aliphatic heterocycles. The summed E-state index contributed by atoms with van der Waals surface area (Å²) in [5.41, 5.74) is 2.89. The number of aliphatic imine (C=N–C) groups is 1. The van der Waals surface area contributed by atoms with E-state index in [4.69, 9.17) is 9.47 Å². The second-order valence-electron chi connectivity index (χ2n) is 7.32. The summed E-state index contributed by atoms with van der Waals surface area (Å²) in [6, 6.07) is 13.6. The molecule has 31 heavy (non-hydrogen) atoms. The third-order valence-electron chi connectivity index (χ3n) is 4.40. The second kappa shape index (κ2) is 13.7. The van der Waals surface area contributed by atoms with Gasteiger partial charge in [0.2, 0.25) is 5.91 Å². The molecule has 2 aromatic rings. The van der Waals surface area contributed by atoms with Gasteiger partial charge in [0.15, 0.2) is 17.5 Å². The average Bonchev–Trinajstić information content (AvgIpc) is 2.73. The summed E-state index contributed by atoms with van der Waals surface area (Å²) in [5, 5.41) is 9.52. The van der Waals surface area contributed by atoms with Crippen LogP contribution in [-0.4, -0.2) is 33.1 Å². The highest BCUT2D eigenvalue weighted by Gasteiger charge is 2.07. The number of carbonyl (C=O) groups excluding carboxylic acids is 1. The number of methoxy groups -OCH3 is 2. The van der Waals surface area contributed by atoms with Gasteiger partial charge < -0.3 is 25.4 Å². The van der Waals surface area contributed by atoms with Gasteiger partial charge in [-0.15, -0.1) is 24.0 Å². The summed E-state index contributed by atoms with van der Waals surface area (Å²) >= 11 is 0. The van der Waals surface area contributed by atoms with Crippen LogP contribution in [0.25, 0.3) is 0 Å². The summed E-state index contributed by atoms with van der Waals surface area (Å²) in [7, 11) is 4.97. The number of carbonyl (C=O) groups is 1. The molecule has 0 spiro atoms. The topological polar surface area (TPSA) is 84.0 Å². The lowest BCUT2D eigenvalue weighted by molar-refractivity contribution is -0.116. The molecule has 7 nitrogen and oxygen atoms in total. The van der Waals surface area contributed by atoms with Gasteiger partial charge in [0.25, 0.3) is 0 Å². The number of hydrogen-bond acceptors (Lipinski definition) is 4. The van der Waals surface area contributed by atoms with E-state index in [1.807, 2.05) is 56.3 Å². The zero-order valence-corrected chi connectivity index (χ0v) is 21.2. The van der Waals surface area contributed by atoms with E-state index in [-0.39, 0.29) is 29.9 Å². The van der Waals surface area contributed by atoms with Crippen LogP contribution >= 0.6 is 24.0 Å². The van der Waals surface area contributed by atoms with Gasteiger partial charge in [0, 0.05) is 32.2 Å². The van der Waals surface area contributed by atoms with Gasteiger partial charge in [-0.05, 0) is 41.3 Å². The first-order valence-corrected chi connectivity index (χ1v) is 9.99. The zero-order chi connectivity index (χ0) is 21.9. The van der Waals surface area contributed by atoms with Crippen molar-refractivity contribution in [1.82, 2.24) is 10.6 Å². The Kier molecular flexibility index (Phi) is 11.8. The van der Waals surface area contributed by atoms with Crippen LogP contribution in [0.5, 0.6) is 11.5 Å². The minimum Gasteiger partial charge on any atom is -0.493 e. The number of halogens is 1. The number of ether oxygens (including phenoxy) is 2. The van der Waals surface area contributed by atoms with Gasteiger partial charge in [-0.25, -0.2) is 0 Å². The highest BCUT2D eigenvalue weighted by molar-refractivity contribution is 14.0. The van der Waals surface area contributed by atoms with E-state index in [9.17, 15) is 4.79 Å². The van der Waals surface area contributed by atoms with Crippen molar-refractivity contribution in [3.8, 4) is 11.5 Å². The number of anilines is 1. The molecule has 0 bridgehead atoms. The maximum absolute atomic E-state index is 12.0. The fourth-order valence-corrected chi connectivity index (χ4v) is 2.92. The van der Waals surface area contributed by atoms with Crippen molar-refractivity contribution >= 4 is 41.5 Å². The van der Waals surface area contributed by atoms with Crippen molar-refractivity contribution in [2.45, 2.75) is 33.4 Å². The third-order valence-corrected chi connectivity index (χ3v) is 4.40.